The Bertz CT molecular complexity index is 3980. The van der Waals surface area contributed by atoms with Crippen LogP contribution in [0.2, 0.25) is 0 Å². The predicted octanol–water partition coefficient (Wildman–Crippen LogP) is -1.47. The number of alkyl halides is 1. The van der Waals surface area contributed by atoms with Gasteiger partial charge in [0.15, 0.2) is 147 Å². The molecule has 0 aromatic carbocycles. The third kappa shape index (κ3) is 33.9. The molecule has 0 spiro atoms. The summed E-state index contributed by atoms with van der Waals surface area (Å²) in [7, 11) is 0. The van der Waals surface area contributed by atoms with E-state index in [-0.39, 0.29) is 0 Å². The van der Waals surface area contributed by atoms with Crippen molar-refractivity contribution in [1.29, 1.82) is 0 Å². The van der Waals surface area contributed by atoms with Crippen LogP contribution in [0.3, 0.4) is 0 Å². The van der Waals surface area contributed by atoms with Gasteiger partial charge in [-0.15, -0.1) is 0 Å². The van der Waals surface area contributed by atoms with Crippen LogP contribution in [0.5, 0.6) is 0 Å². The molecule has 51 nitrogen and oxygen atoms in total. The maximum Gasteiger partial charge on any atom is 0.303 e. The molecule has 6 rings (SSSR count). The van der Waals surface area contributed by atoms with Crippen molar-refractivity contribution in [2.45, 2.75) is 328 Å². The second kappa shape index (κ2) is 51.1. The summed E-state index contributed by atoms with van der Waals surface area (Å²) in [6, 6.07) is 0. The van der Waals surface area contributed by atoms with Gasteiger partial charge in [-0.05, 0) is 6.92 Å². The van der Waals surface area contributed by atoms with Gasteiger partial charge in [0, 0.05) is 132 Å². The average molecular weight is 1940 g/mol. The summed E-state index contributed by atoms with van der Waals surface area (Å²) in [5.41, 5.74) is 0. The largest absolute Gasteiger partial charge is 0.463 e. The molecule has 732 valence electrons. The molecule has 24 unspecified atom stereocenters. The van der Waals surface area contributed by atoms with Gasteiger partial charge in [0.1, 0.15) is 49.3 Å². The number of halogens is 1. The standard InChI is InChI=1S/C78H107BrO51/c1-29(107-31(3)81)56(111-35(7)85)72(79)125-49(21-99-30(2)80)22-100-76-69(122-46(18)96)64(117-41(13)91)58(54(126-76)27-105-74-67(120-44(16)94)61(114-38(10)88)51(24-102-74)109-33(5)83)129-78-71(124-48(20)98)65(118-42(14)92)59(55(128-78)28-106-75-68(121-45(17)95)62(115-39(11)89)52(25-103-75)110-34(6)84)130-77-70(123-47(19)97)63(116-40(12)90)57(112-36(8)86)53(127-77)26-104-73-66(119-43(15)93)60(113-37(9)87)50(23-101-73)108-32(4)82/h29,49-78H,21-28H2,1-20H3/t29-,49-,50?,51?,52+,53?,54?,55-,56?,57?,58?,59?,60?,61?,62?,63?,64?,65?,66?,67?,68?,69?,70?,71?,72-,73?,74?,75+,76?,77?,78-/m0/s1. The van der Waals surface area contributed by atoms with Crippen LogP contribution >= 0.6 is 15.9 Å². The zero-order valence-corrected chi connectivity index (χ0v) is 75.8. The Morgan fingerprint density at radius 2 is 0.508 bits per heavy atom. The van der Waals surface area contributed by atoms with E-state index in [4.69, 9.17) is 152 Å². The lowest BCUT2D eigenvalue weighted by molar-refractivity contribution is -0.387. The molecule has 0 radical (unpaired) electrons. The van der Waals surface area contributed by atoms with Crippen molar-refractivity contribution in [3.05, 3.63) is 0 Å². The Kier molecular flexibility index (Phi) is 42.7. The Morgan fingerprint density at radius 3 is 0.792 bits per heavy atom. The summed E-state index contributed by atoms with van der Waals surface area (Å²) >= 11 is 3.28. The van der Waals surface area contributed by atoms with E-state index >= 15 is 0 Å². The quantitative estimate of drug-likeness (QED) is 0.0384. The van der Waals surface area contributed by atoms with E-state index < -0.39 is 356 Å². The zero-order valence-electron chi connectivity index (χ0n) is 74.3. The van der Waals surface area contributed by atoms with E-state index in [1.807, 2.05) is 0 Å². The van der Waals surface area contributed by atoms with Gasteiger partial charge in [0.05, 0.1) is 46.2 Å². The molecule has 0 aliphatic carbocycles. The summed E-state index contributed by atoms with van der Waals surface area (Å²) in [5, 5.41) is -1.49. The minimum atomic E-state index is -2.53. The summed E-state index contributed by atoms with van der Waals surface area (Å²) in [5.74, 6) is -20.5. The summed E-state index contributed by atoms with van der Waals surface area (Å²) in [6.07, 6.45) is -59.5. The fourth-order valence-corrected chi connectivity index (χ4v) is 14.9. The minimum absolute atomic E-state index is 0.641. The van der Waals surface area contributed by atoms with E-state index in [9.17, 15) is 91.1 Å². The summed E-state index contributed by atoms with van der Waals surface area (Å²) in [4.78, 5) is 249. The molecule has 6 heterocycles. The van der Waals surface area contributed by atoms with Crippen molar-refractivity contribution < 1.29 is 243 Å². The van der Waals surface area contributed by atoms with Gasteiger partial charge < -0.3 is 152 Å². The van der Waals surface area contributed by atoms with Crippen LogP contribution in [0.4, 0.5) is 0 Å². The van der Waals surface area contributed by atoms with Crippen LogP contribution in [0, 0.1) is 0 Å². The Labute approximate surface area is 749 Å². The molecule has 130 heavy (non-hydrogen) atoms. The van der Waals surface area contributed by atoms with Crippen molar-refractivity contribution in [3.8, 4) is 0 Å². The van der Waals surface area contributed by atoms with Crippen LogP contribution in [0.1, 0.15) is 138 Å². The molecule has 0 N–H and O–H groups in total. The molecule has 6 fully saturated rings. The summed E-state index contributed by atoms with van der Waals surface area (Å²) in [6.45, 7) is 11.9. The van der Waals surface area contributed by atoms with E-state index in [0.29, 0.717) is 0 Å². The fraction of sp³-hybridized carbons (Fsp3) is 0.756. The third-order valence-corrected chi connectivity index (χ3v) is 19.0. The van der Waals surface area contributed by atoms with Crippen LogP contribution in [0.15, 0.2) is 0 Å². The van der Waals surface area contributed by atoms with Crippen LogP contribution < -0.4 is 0 Å². The van der Waals surface area contributed by atoms with Crippen molar-refractivity contribution in [2.75, 3.05) is 52.9 Å². The highest BCUT2D eigenvalue weighted by Crippen LogP contribution is 2.41. The first kappa shape index (κ1) is 109. The summed E-state index contributed by atoms with van der Waals surface area (Å²) < 4.78 is 190. The molecule has 0 amide bonds. The first-order chi connectivity index (χ1) is 60.9. The fourth-order valence-electron chi connectivity index (χ4n) is 14.1. The highest BCUT2D eigenvalue weighted by atomic mass is 79.9. The smallest absolute Gasteiger partial charge is 0.303 e. The Morgan fingerprint density at radius 1 is 0.262 bits per heavy atom. The number of rotatable bonds is 40. The molecule has 0 bridgehead atoms. The van der Waals surface area contributed by atoms with Gasteiger partial charge in [-0.3, -0.25) is 91.1 Å². The molecule has 0 aromatic rings. The molecule has 6 aliphatic rings. The van der Waals surface area contributed by atoms with Crippen molar-refractivity contribution in [2.24, 2.45) is 0 Å². The number of carbonyl (C=O) groups is 19. The van der Waals surface area contributed by atoms with Crippen molar-refractivity contribution in [1.82, 2.24) is 0 Å². The van der Waals surface area contributed by atoms with E-state index in [0.717, 1.165) is 132 Å². The second-order valence-electron chi connectivity index (χ2n) is 29.5. The van der Waals surface area contributed by atoms with Gasteiger partial charge >= 0.3 is 113 Å². The maximum atomic E-state index is 14.2. The predicted molar refractivity (Wildman–Crippen MR) is 409 cm³/mol. The SMILES string of the molecule is CC(=O)OC[C@@H](COC1OC(COC2OCC(OC(C)=O)C(OC(C)=O)C2OC(C)=O)C(O[C@@H]2O[C@@H](CO[C@H]3OC[C@@H](OC(C)=O)C(OC(C)=O)C3OC(C)=O)C(OC3OC(COC4OCC(OC(C)=O)C(OC(C)=O)C4OC(C)=O)C(OC(C)=O)C(OC(C)=O)C3OC(C)=O)C(OC(C)=O)C2OC(C)=O)C(OC(C)=O)C1OC(C)=O)O[C@H](Br)C(OC(C)=O)[C@H](C)OC(C)=O. The number of ether oxygens (including phenoxy) is 32. The number of esters is 19. The van der Waals surface area contributed by atoms with Crippen LogP contribution in [-0.2, 0) is 243 Å². The topological polar surface area (TPSA) is 620 Å². The molecule has 0 aromatic heterocycles. The average Bonchev–Trinajstić information content (AvgIpc) is 0.753. The van der Waals surface area contributed by atoms with Gasteiger partial charge in [0.2, 0.25) is 0 Å². The monoisotopic (exact) mass is 1940 g/mol. The van der Waals surface area contributed by atoms with Gasteiger partial charge in [-0.1, -0.05) is 15.9 Å². The van der Waals surface area contributed by atoms with E-state index in [1.54, 1.807) is 0 Å². The molecule has 6 saturated heterocycles. The van der Waals surface area contributed by atoms with E-state index in [2.05, 4.69) is 15.9 Å². The molecular weight excluding hydrogens is 1830 g/mol. The lowest BCUT2D eigenvalue weighted by atomic mass is 9.95. The highest BCUT2D eigenvalue weighted by Gasteiger charge is 2.62. The van der Waals surface area contributed by atoms with Gasteiger partial charge in [-0.2, -0.15) is 0 Å². The lowest BCUT2D eigenvalue weighted by Crippen LogP contribution is -2.69. The van der Waals surface area contributed by atoms with Crippen LogP contribution in [-0.4, -0.2) is 356 Å². The molecule has 6 aliphatic heterocycles. The molecule has 52 heteroatoms. The number of hydrogen-bond donors (Lipinski definition) is 0. The van der Waals surface area contributed by atoms with Crippen molar-refractivity contribution >= 4 is 129 Å². The van der Waals surface area contributed by atoms with E-state index in [1.165, 1.54) is 6.92 Å². The number of hydrogen-bond acceptors (Lipinski definition) is 51. The molecule has 0 saturated carbocycles. The second-order valence-corrected chi connectivity index (χ2v) is 30.4. The Hall–Kier alpha value is -10.1. The lowest BCUT2D eigenvalue weighted by Gasteiger charge is -2.51. The maximum absolute atomic E-state index is 14.2. The molecule has 31 atom stereocenters. The first-order valence-electron chi connectivity index (χ1n) is 40.0. The van der Waals surface area contributed by atoms with Gasteiger partial charge in [0.25, 0.3) is 0 Å². The van der Waals surface area contributed by atoms with Crippen molar-refractivity contribution in [3.63, 3.8) is 0 Å². The normalized spacial score (nSPS) is 31.4. The first-order valence-corrected chi connectivity index (χ1v) is 40.9. The van der Waals surface area contributed by atoms with Crippen LogP contribution in [0.25, 0.3) is 0 Å². The number of carbonyl (C=O) groups excluding carboxylic acids is 19. The molecular formula is C78H107BrO51. The minimum Gasteiger partial charge on any atom is -0.463 e. The third-order valence-electron chi connectivity index (χ3n) is 18.3. The van der Waals surface area contributed by atoms with Gasteiger partial charge in [-0.25, -0.2) is 0 Å². The highest BCUT2D eigenvalue weighted by molar-refractivity contribution is 9.09. The Balaban J connectivity index is 1.66. The zero-order chi connectivity index (χ0) is 97.2.